The van der Waals surface area contributed by atoms with E-state index < -0.39 is 17.3 Å². The Hall–Kier alpha value is -2.07. The van der Waals surface area contributed by atoms with Crippen molar-refractivity contribution in [2.24, 2.45) is 5.92 Å². The number of carbonyl (C=O) groups is 1. The maximum absolute atomic E-state index is 12.5. The van der Waals surface area contributed by atoms with Crippen LogP contribution in [0.15, 0.2) is 24.3 Å². The maximum atomic E-state index is 12.5. The summed E-state index contributed by atoms with van der Waals surface area (Å²) in [6.07, 6.45) is -2.48. The predicted octanol–water partition coefficient (Wildman–Crippen LogP) is 2.95. The molecule has 130 valence electrons. The highest BCUT2D eigenvalue weighted by Crippen LogP contribution is 2.39. The van der Waals surface area contributed by atoms with E-state index in [9.17, 15) is 23.2 Å². The summed E-state index contributed by atoms with van der Waals surface area (Å²) in [5, 5.41) is 12.0. The third-order valence-corrected chi connectivity index (χ3v) is 4.17. The van der Waals surface area contributed by atoms with E-state index in [0.29, 0.717) is 12.1 Å². The number of nitrogens with one attached hydrogen (secondary N) is 1. The number of alkyl halides is 3. The van der Waals surface area contributed by atoms with Crippen LogP contribution in [0.1, 0.15) is 30.9 Å². The molecule has 4 nitrogen and oxygen atoms in total. The van der Waals surface area contributed by atoms with Crippen molar-refractivity contribution in [3.8, 4) is 6.07 Å². The van der Waals surface area contributed by atoms with E-state index >= 15 is 0 Å². The summed E-state index contributed by atoms with van der Waals surface area (Å²) in [5.41, 5.74) is -0.851. The van der Waals surface area contributed by atoms with Crippen LogP contribution in [0.2, 0.25) is 0 Å². The van der Waals surface area contributed by atoms with Gasteiger partial charge in [-0.15, -0.1) is 0 Å². The molecule has 0 spiro atoms. The molecule has 1 aliphatic carbocycles. The van der Waals surface area contributed by atoms with Crippen LogP contribution in [0.25, 0.3) is 0 Å². The van der Waals surface area contributed by atoms with Gasteiger partial charge in [0.05, 0.1) is 18.2 Å². The number of rotatable bonds is 6. The minimum absolute atomic E-state index is 0.0744. The van der Waals surface area contributed by atoms with Crippen LogP contribution in [-0.2, 0) is 17.5 Å². The van der Waals surface area contributed by atoms with Crippen molar-refractivity contribution in [3.05, 3.63) is 35.4 Å². The van der Waals surface area contributed by atoms with E-state index in [0.717, 1.165) is 25.0 Å². The molecule has 7 heteroatoms. The van der Waals surface area contributed by atoms with Gasteiger partial charge in [-0.25, -0.2) is 0 Å². The van der Waals surface area contributed by atoms with Gasteiger partial charge in [-0.05, 0) is 50.4 Å². The normalized spacial score (nSPS) is 17.2. The monoisotopic (exact) mass is 339 g/mol. The van der Waals surface area contributed by atoms with Gasteiger partial charge in [-0.3, -0.25) is 9.69 Å². The van der Waals surface area contributed by atoms with Crippen LogP contribution in [0, 0.1) is 17.2 Å². The number of hydrogen-bond acceptors (Lipinski definition) is 3. The molecular formula is C17H20F3N3O. The fourth-order valence-electron chi connectivity index (χ4n) is 2.62. The van der Waals surface area contributed by atoms with Crippen molar-refractivity contribution < 1.29 is 18.0 Å². The minimum Gasteiger partial charge on any atom is -0.337 e. The molecule has 0 unspecified atom stereocenters. The first-order valence-electron chi connectivity index (χ1n) is 7.71. The quantitative estimate of drug-likeness (QED) is 0.867. The average Bonchev–Trinajstić information content (AvgIpc) is 3.31. The summed E-state index contributed by atoms with van der Waals surface area (Å²) < 4.78 is 37.6. The van der Waals surface area contributed by atoms with Gasteiger partial charge >= 0.3 is 6.18 Å². The van der Waals surface area contributed by atoms with E-state index in [1.807, 2.05) is 0 Å². The Morgan fingerprint density at radius 2 is 1.92 bits per heavy atom. The Kier molecular flexibility index (Phi) is 5.19. The van der Waals surface area contributed by atoms with Crippen LogP contribution in [-0.4, -0.2) is 29.9 Å². The molecule has 0 bridgehead atoms. The summed E-state index contributed by atoms with van der Waals surface area (Å²) in [5.74, 6) is -0.0629. The van der Waals surface area contributed by atoms with Gasteiger partial charge in [0.1, 0.15) is 5.54 Å². The number of likely N-dealkylation sites (N-methyl/N-ethyl adjacent to an activating group) is 1. The zero-order valence-corrected chi connectivity index (χ0v) is 13.7. The molecule has 0 heterocycles. The standard InChI is InChI=1S/C17H20F3N3O/c1-16(11-21,13-7-8-13)22-15(24)10-23(2)9-12-3-5-14(6-4-12)17(18,19)20/h3-6,13H,7-10H2,1-2H3,(H,22,24)/t16-/m1/s1. The third-order valence-electron chi connectivity index (χ3n) is 4.17. The first-order valence-corrected chi connectivity index (χ1v) is 7.71. The van der Waals surface area contributed by atoms with Crippen LogP contribution in [0.4, 0.5) is 13.2 Å². The third kappa shape index (κ3) is 4.71. The highest BCUT2D eigenvalue weighted by atomic mass is 19.4. The summed E-state index contributed by atoms with van der Waals surface area (Å²) in [6.45, 7) is 2.14. The van der Waals surface area contributed by atoms with Gasteiger partial charge in [0.2, 0.25) is 5.91 Å². The second-order valence-corrected chi connectivity index (χ2v) is 6.50. The fourth-order valence-corrected chi connectivity index (χ4v) is 2.62. The zero-order valence-electron chi connectivity index (χ0n) is 13.7. The fraction of sp³-hybridized carbons (Fsp3) is 0.529. The summed E-state index contributed by atoms with van der Waals surface area (Å²) >= 11 is 0. The number of nitriles is 1. The van der Waals surface area contributed by atoms with E-state index in [2.05, 4.69) is 11.4 Å². The first kappa shape index (κ1) is 18.3. The highest BCUT2D eigenvalue weighted by Gasteiger charge is 2.43. The minimum atomic E-state index is -4.35. The van der Waals surface area contributed by atoms with Gasteiger partial charge in [0, 0.05) is 6.54 Å². The maximum Gasteiger partial charge on any atom is 0.416 e. The highest BCUT2D eigenvalue weighted by molar-refractivity contribution is 5.79. The number of benzene rings is 1. The molecule has 24 heavy (non-hydrogen) atoms. The summed E-state index contributed by atoms with van der Waals surface area (Å²) in [6, 6.07) is 7.03. The van der Waals surface area contributed by atoms with Gasteiger partial charge in [-0.2, -0.15) is 18.4 Å². The molecule has 0 radical (unpaired) electrons. The van der Waals surface area contributed by atoms with Gasteiger partial charge in [0.25, 0.3) is 0 Å². The molecule has 0 aromatic heterocycles. The van der Waals surface area contributed by atoms with E-state index in [4.69, 9.17) is 0 Å². The Bertz CT molecular complexity index is 632. The lowest BCUT2D eigenvalue weighted by Gasteiger charge is -2.25. The van der Waals surface area contributed by atoms with E-state index in [1.165, 1.54) is 12.1 Å². The average molecular weight is 339 g/mol. The Balaban J connectivity index is 1.87. The number of amides is 1. The predicted molar refractivity (Wildman–Crippen MR) is 82.7 cm³/mol. The van der Waals surface area contributed by atoms with E-state index in [-0.39, 0.29) is 18.4 Å². The Morgan fingerprint density at radius 3 is 2.38 bits per heavy atom. The lowest BCUT2D eigenvalue weighted by molar-refractivity contribution is -0.137. The number of nitrogens with zero attached hydrogens (tertiary/aromatic N) is 2. The van der Waals surface area contributed by atoms with Crippen molar-refractivity contribution in [3.63, 3.8) is 0 Å². The van der Waals surface area contributed by atoms with Crippen LogP contribution in [0.3, 0.4) is 0 Å². The van der Waals surface area contributed by atoms with Gasteiger partial charge in [-0.1, -0.05) is 12.1 Å². The number of hydrogen-bond donors (Lipinski definition) is 1. The molecule has 1 aromatic carbocycles. The molecule has 1 aromatic rings. The van der Waals surface area contributed by atoms with Gasteiger partial charge in [0.15, 0.2) is 0 Å². The molecule has 2 rings (SSSR count). The molecule has 1 amide bonds. The van der Waals surface area contributed by atoms with Crippen molar-refractivity contribution in [2.75, 3.05) is 13.6 Å². The summed E-state index contributed by atoms with van der Waals surface area (Å²) in [4.78, 5) is 13.8. The molecule has 0 saturated heterocycles. The summed E-state index contributed by atoms with van der Waals surface area (Å²) in [7, 11) is 1.71. The lowest BCUT2D eigenvalue weighted by Crippen LogP contribution is -2.49. The van der Waals surface area contributed by atoms with Crippen molar-refractivity contribution in [2.45, 2.75) is 38.0 Å². The smallest absolute Gasteiger partial charge is 0.337 e. The van der Waals surface area contributed by atoms with Crippen LogP contribution in [0.5, 0.6) is 0 Å². The van der Waals surface area contributed by atoms with Crippen molar-refractivity contribution in [1.29, 1.82) is 5.26 Å². The largest absolute Gasteiger partial charge is 0.416 e. The molecule has 1 fully saturated rings. The first-order chi connectivity index (χ1) is 11.1. The van der Waals surface area contributed by atoms with E-state index in [1.54, 1.807) is 18.9 Å². The van der Waals surface area contributed by atoms with Crippen LogP contribution >= 0.6 is 0 Å². The van der Waals surface area contributed by atoms with Gasteiger partial charge < -0.3 is 5.32 Å². The Labute approximate surface area is 139 Å². The zero-order chi connectivity index (χ0) is 18.0. The van der Waals surface area contributed by atoms with Crippen molar-refractivity contribution >= 4 is 5.91 Å². The number of carbonyl (C=O) groups excluding carboxylic acids is 1. The number of halogens is 3. The SMILES string of the molecule is CN(CC(=O)N[C@](C)(C#N)C1CC1)Cc1ccc(C(F)(F)F)cc1. The molecular weight excluding hydrogens is 319 g/mol. The lowest BCUT2D eigenvalue weighted by atomic mass is 9.98. The molecule has 1 saturated carbocycles. The molecule has 0 aliphatic heterocycles. The van der Waals surface area contributed by atoms with Crippen molar-refractivity contribution in [1.82, 2.24) is 10.2 Å². The second kappa shape index (κ2) is 6.81. The topological polar surface area (TPSA) is 56.1 Å². The van der Waals surface area contributed by atoms with Crippen LogP contribution < -0.4 is 5.32 Å². The Morgan fingerprint density at radius 1 is 1.33 bits per heavy atom. The second-order valence-electron chi connectivity index (χ2n) is 6.50. The molecule has 1 aliphatic rings. The molecule has 1 N–H and O–H groups in total. The molecule has 1 atom stereocenters.